The molecule has 0 fully saturated rings. The van der Waals surface area contributed by atoms with Crippen LogP contribution in [0.2, 0.25) is 0 Å². The molecule has 5 heteroatoms. The van der Waals surface area contributed by atoms with Crippen molar-refractivity contribution in [1.29, 1.82) is 0 Å². The van der Waals surface area contributed by atoms with Crippen molar-refractivity contribution < 1.29 is 10.0 Å². The molecule has 1 heterocycles. The molecule has 0 saturated heterocycles. The number of H-pyrrole nitrogens is 1. The zero-order chi connectivity index (χ0) is 17.2. The number of aromatic nitrogens is 2. The normalized spacial score (nSPS) is 10.8. The molecular weight excluding hydrogens is 314 g/mol. The van der Waals surface area contributed by atoms with Gasteiger partial charge in [0, 0.05) is 11.1 Å². The Morgan fingerprint density at radius 2 is 1.64 bits per heavy atom. The molecule has 0 aliphatic carbocycles. The molecular formula is C20H15N3O2. The summed E-state index contributed by atoms with van der Waals surface area (Å²) in [4.78, 5) is 19.4. The van der Waals surface area contributed by atoms with E-state index in [1.807, 2.05) is 30.3 Å². The Labute approximate surface area is 143 Å². The van der Waals surface area contributed by atoms with Crippen LogP contribution in [-0.2, 0) is 0 Å². The van der Waals surface area contributed by atoms with Gasteiger partial charge in [-0.3, -0.25) is 10.0 Å². The maximum atomic E-state index is 11.5. The lowest BCUT2D eigenvalue weighted by molar-refractivity contribution is 0.0706. The second-order valence-corrected chi connectivity index (χ2v) is 5.71. The number of rotatable bonds is 3. The van der Waals surface area contributed by atoms with Gasteiger partial charge in [-0.25, -0.2) is 10.5 Å². The van der Waals surface area contributed by atoms with Gasteiger partial charge in [-0.2, -0.15) is 0 Å². The largest absolute Gasteiger partial charge is 0.338 e. The number of carbonyl (C=O) groups is 1. The summed E-state index contributed by atoms with van der Waals surface area (Å²) in [5, 5.41) is 8.76. The number of aromatic amines is 1. The number of nitrogens with one attached hydrogen (secondary N) is 2. The maximum Gasteiger partial charge on any atom is 0.274 e. The number of imidazole rings is 1. The minimum absolute atomic E-state index is 0.364. The molecule has 5 nitrogen and oxygen atoms in total. The van der Waals surface area contributed by atoms with Crippen LogP contribution in [0, 0.1) is 0 Å². The summed E-state index contributed by atoms with van der Waals surface area (Å²) in [6.07, 6.45) is 0. The number of nitrogens with zero attached hydrogens (tertiary/aromatic N) is 1. The summed E-state index contributed by atoms with van der Waals surface area (Å²) in [5.74, 6) is 0.179. The van der Waals surface area contributed by atoms with Crippen LogP contribution >= 0.6 is 0 Å². The fourth-order valence-corrected chi connectivity index (χ4v) is 2.83. The van der Waals surface area contributed by atoms with Gasteiger partial charge in [0.05, 0.1) is 11.0 Å². The highest BCUT2D eigenvalue weighted by Crippen LogP contribution is 2.26. The number of hydrogen-bond donors (Lipinski definition) is 3. The first-order chi connectivity index (χ1) is 12.2. The quantitative estimate of drug-likeness (QED) is 0.392. The van der Waals surface area contributed by atoms with Crippen molar-refractivity contribution in [2.24, 2.45) is 0 Å². The third-order valence-corrected chi connectivity index (χ3v) is 4.09. The van der Waals surface area contributed by atoms with Crippen LogP contribution in [0.5, 0.6) is 0 Å². The minimum Gasteiger partial charge on any atom is -0.338 e. The third kappa shape index (κ3) is 2.88. The number of carbonyl (C=O) groups excluding carboxylic acids is 1. The van der Waals surface area contributed by atoms with Gasteiger partial charge in [0.2, 0.25) is 0 Å². The van der Waals surface area contributed by atoms with E-state index in [2.05, 4.69) is 34.2 Å². The minimum atomic E-state index is -0.552. The molecule has 0 aliphatic heterocycles. The van der Waals surface area contributed by atoms with Crippen LogP contribution in [0.3, 0.4) is 0 Å². The molecule has 1 aromatic heterocycles. The first-order valence-electron chi connectivity index (χ1n) is 7.85. The van der Waals surface area contributed by atoms with Gasteiger partial charge in [-0.05, 0) is 35.4 Å². The lowest BCUT2D eigenvalue weighted by atomic mass is 10.0. The Balaban J connectivity index is 1.76. The average molecular weight is 329 g/mol. The fourth-order valence-electron chi connectivity index (χ4n) is 2.83. The van der Waals surface area contributed by atoms with Crippen LogP contribution in [0.25, 0.3) is 33.5 Å². The van der Waals surface area contributed by atoms with Gasteiger partial charge >= 0.3 is 0 Å². The van der Waals surface area contributed by atoms with Crippen LogP contribution in [0.1, 0.15) is 10.4 Å². The van der Waals surface area contributed by atoms with E-state index in [0.717, 1.165) is 33.5 Å². The van der Waals surface area contributed by atoms with Crippen molar-refractivity contribution in [3.63, 3.8) is 0 Å². The Kier molecular flexibility index (Phi) is 3.76. The Bertz CT molecular complexity index is 1050. The standard InChI is InChI=1S/C20H15N3O2/c24-20(23-25)16-9-10-17-18(12-16)22-19(21-17)15-8-4-7-14(11-15)13-5-2-1-3-6-13/h1-12,25H,(H,21,22)(H,23,24). The molecule has 0 radical (unpaired) electrons. The van der Waals surface area contributed by atoms with E-state index in [0.29, 0.717) is 5.56 Å². The monoisotopic (exact) mass is 329 g/mol. The molecule has 0 unspecified atom stereocenters. The molecule has 122 valence electrons. The third-order valence-electron chi connectivity index (χ3n) is 4.09. The van der Waals surface area contributed by atoms with Crippen LogP contribution < -0.4 is 5.48 Å². The number of fused-ring (bicyclic) bond motifs is 1. The second-order valence-electron chi connectivity index (χ2n) is 5.71. The number of benzene rings is 3. The van der Waals surface area contributed by atoms with E-state index in [-0.39, 0.29) is 0 Å². The first kappa shape index (κ1) is 15.1. The predicted octanol–water partition coefficient (Wildman–Crippen LogP) is 4.02. The van der Waals surface area contributed by atoms with Crippen molar-refractivity contribution in [2.45, 2.75) is 0 Å². The van der Waals surface area contributed by atoms with Gasteiger partial charge in [0.1, 0.15) is 5.82 Å². The molecule has 0 aliphatic rings. The molecule has 3 N–H and O–H groups in total. The highest BCUT2D eigenvalue weighted by Gasteiger charge is 2.10. The van der Waals surface area contributed by atoms with Crippen molar-refractivity contribution >= 4 is 16.9 Å². The van der Waals surface area contributed by atoms with Crippen LogP contribution in [0.4, 0.5) is 0 Å². The summed E-state index contributed by atoms with van der Waals surface area (Å²) >= 11 is 0. The Morgan fingerprint density at radius 3 is 2.44 bits per heavy atom. The van der Waals surface area contributed by atoms with E-state index in [1.165, 1.54) is 0 Å². The number of amides is 1. The lowest BCUT2D eigenvalue weighted by Gasteiger charge is -2.03. The SMILES string of the molecule is O=C(NO)c1ccc2nc(-c3cccc(-c4ccccc4)c3)[nH]c2c1. The lowest BCUT2D eigenvalue weighted by Crippen LogP contribution is -2.18. The molecule has 0 spiro atoms. The predicted molar refractivity (Wildman–Crippen MR) is 96.2 cm³/mol. The van der Waals surface area contributed by atoms with E-state index in [9.17, 15) is 4.79 Å². The molecule has 3 aromatic carbocycles. The van der Waals surface area contributed by atoms with Gasteiger partial charge < -0.3 is 4.98 Å². The van der Waals surface area contributed by atoms with Gasteiger partial charge in [-0.1, -0.05) is 48.5 Å². The van der Waals surface area contributed by atoms with Crippen molar-refractivity contribution in [1.82, 2.24) is 15.4 Å². The second kappa shape index (κ2) is 6.22. The number of hydrogen-bond acceptors (Lipinski definition) is 3. The summed E-state index contributed by atoms with van der Waals surface area (Å²) in [5.41, 5.74) is 6.71. The molecule has 4 rings (SSSR count). The number of hydroxylamine groups is 1. The Hall–Kier alpha value is -3.44. The molecule has 4 aromatic rings. The zero-order valence-electron chi connectivity index (χ0n) is 13.2. The van der Waals surface area contributed by atoms with Crippen LogP contribution in [-0.4, -0.2) is 21.1 Å². The zero-order valence-corrected chi connectivity index (χ0v) is 13.2. The van der Waals surface area contributed by atoms with E-state index < -0.39 is 5.91 Å². The first-order valence-corrected chi connectivity index (χ1v) is 7.85. The highest BCUT2D eigenvalue weighted by atomic mass is 16.5. The average Bonchev–Trinajstić information content (AvgIpc) is 3.11. The highest BCUT2D eigenvalue weighted by molar-refractivity contribution is 5.97. The van der Waals surface area contributed by atoms with Gasteiger partial charge in [0.25, 0.3) is 5.91 Å². The molecule has 0 saturated carbocycles. The van der Waals surface area contributed by atoms with Crippen molar-refractivity contribution in [3.8, 4) is 22.5 Å². The fraction of sp³-hybridized carbons (Fsp3) is 0. The van der Waals surface area contributed by atoms with E-state index in [1.54, 1.807) is 23.7 Å². The topological polar surface area (TPSA) is 78.0 Å². The molecule has 0 atom stereocenters. The van der Waals surface area contributed by atoms with E-state index >= 15 is 0 Å². The Morgan fingerprint density at radius 1 is 0.880 bits per heavy atom. The van der Waals surface area contributed by atoms with Crippen molar-refractivity contribution in [3.05, 3.63) is 78.4 Å². The van der Waals surface area contributed by atoms with Crippen molar-refractivity contribution in [2.75, 3.05) is 0 Å². The maximum absolute atomic E-state index is 11.5. The van der Waals surface area contributed by atoms with Crippen LogP contribution in [0.15, 0.2) is 72.8 Å². The summed E-state index contributed by atoms with van der Waals surface area (Å²) in [7, 11) is 0. The molecule has 0 bridgehead atoms. The molecule has 1 amide bonds. The molecule has 25 heavy (non-hydrogen) atoms. The summed E-state index contributed by atoms with van der Waals surface area (Å²) in [6.45, 7) is 0. The summed E-state index contributed by atoms with van der Waals surface area (Å²) < 4.78 is 0. The van der Waals surface area contributed by atoms with Gasteiger partial charge in [-0.15, -0.1) is 0 Å². The van der Waals surface area contributed by atoms with Gasteiger partial charge in [0.15, 0.2) is 0 Å². The summed E-state index contributed by atoms with van der Waals surface area (Å²) in [6, 6.07) is 23.3. The van der Waals surface area contributed by atoms with E-state index in [4.69, 9.17) is 5.21 Å². The smallest absolute Gasteiger partial charge is 0.274 e.